The van der Waals surface area contributed by atoms with Crippen LogP contribution in [0.3, 0.4) is 0 Å². The van der Waals surface area contributed by atoms with Crippen molar-refractivity contribution in [3.8, 4) is 0 Å². The lowest BCUT2D eigenvalue weighted by Crippen LogP contribution is -2.21. The highest BCUT2D eigenvalue weighted by Crippen LogP contribution is 2.23. The van der Waals surface area contributed by atoms with Crippen LogP contribution in [0.2, 0.25) is 0 Å². The summed E-state index contributed by atoms with van der Waals surface area (Å²) in [6.45, 7) is 0. The van der Waals surface area contributed by atoms with Crippen LogP contribution in [0.25, 0.3) is 0 Å². The van der Waals surface area contributed by atoms with Crippen molar-refractivity contribution < 1.29 is 4.79 Å². The number of fused-ring (bicyclic) bond motifs is 1. The summed E-state index contributed by atoms with van der Waals surface area (Å²) in [6.07, 6.45) is 0.432. The van der Waals surface area contributed by atoms with Crippen molar-refractivity contribution in [2.45, 2.75) is 6.42 Å². The second kappa shape index (κ2) is 4.58. The molecule has 0 unspecified atom stereocenters. The zero-order valence-corrected chi connectivity index (χ0v) is 8.94. The molecule has 0 radical (unpaired) electrons. The zero-order valence-electron chi connectivity index (χ0n) is 7.37. The van der Waals surface area contributed by atoms with Gasteiger partial charge in [-0.1, -0.05) is 18.2 Å². The van der Waals surface area contributed by atoms with E-state index in [0.717, 1.165) is 11.3 Å². The fourth-order valence-corrected chi connectivity index (χ4v) is 1.57. The van der Waals surface area contributed by atoms with E-state index < -0.39 is 0 Å². The molecule has 1 aromatic rings. The van der Waals surface area contributed by atoms with E-state index in [1.54, 1.807) is 0 Å². The largest absolute Gasteiger partial charge is 0.292 e. The second-order valence-corrected chi connectivity index (χ2v) is 3.19. The first-order valence-electron chi connectivity index (χ1n) is 4.06. The van der Waals surface area contributed by atoms with Gasteiger partial charge in [0.2, 0.25) is 0 Å². The van der Waals surface area contributed by atoms with Gasteiger partial charge in [-0.15, -0.1) is 24.0 Å². The molecule has 0 saturated heterocycles. The molecule has 0 amide bonds. The molecular weight excluding hydrogens is 221 g/mol. The molecule has 0 aromatic heterocycles. The summed E-state index contributed by atoms with van der Waals surface area (Å²) in [7, 11) is 0. The van der Waals surface area contributed by atoms with Crippen molar-refractivity contribution in [1.29, 1.82) is 0 Å². The summed E-state index contributed by atoms with van der Waals surface area (Å²) in [5.74, 6) is 0.237. The fraction of sp³-hybridized carbons (Fsp3) is 0.200. The van der Waals surface area contributed by atoms with Gasteiger partial charge in [0, 0.05) is 6.42 Å². The Hall–Kier alpha value is -0.860. The predicted octanol–water partition coefficient (Wildman–Crippen LogP) is 2.54. The van der Waals surface area contributed by atoms with Gasteiger partial charge in [0.1, 0.15) is 0 Å². The molecule has 0 atom stereocenters. The summed E-state index contributed by atoms with van der Waals surface area (Å²) in [5, 5.41) is 0. The summed E-state index contributed by atoms with van der Waals surface area (Å²) < 4.78 is 0. The second-order valence-electron chi connectivity index (χ2n) is 2.92. The number of hydrogen-bond donors (Lipinski definition) is 0. The molecule has 74 valence electrons. The first-order chi connectivity index (χ1) is 6.31. The van der Waals surface area contributed by atoms with Gasteiger partial charge in [-0.05, 0) is 11.6 Å². The minimum Gasteiger partial charge on any atom is -0.292 e. The quantitative estimate of drug-likeness (QED) is 0.681. The van der Waals surface area contributed by atoms with Gasteiger partial charge in [-0.3, -0.25) is 4.79 Å². The number of aliphatic imine (C=N–C) groups is 1. The number of para-hydroxylation sites is 1. The van der Waals surface area contributed by atoms with Crippen LogP contribution in [0.4, 0.5) is 5.69 Å². The number of halogens is 2. The third kappa shape index (κ3) is 1.97. The van der Waals surface area contributed by atoms with E-state index in [1.165, 1.54) is 0 Å². The Balaban J connectivity index is 0.000000980. The monoisotopic (exact) mass is 229 g/mol. The number of hydrogen-bond acceptors (Lipinski definition) is 2. The number of carbonyl (C=O) groups excluding carboxylic acids is 1. The zero-order chi connectivity index (χ0) is 9.26. The van der Waals surface area contributed by atoms with Crippen molar-refractivity contribution in [3.63, 3.8) is 0 Å². The number of alkyl halides is 1. The smallest absolute Gasteiger partial charge is 0.182 e. The number of benzene rings is 1. The normalized spacial score (nSPS) is 14.1. The lowest BCUT2D eigenvalue weighted by atomic mass is 10.0. The molecular formula is C10H9Cl2NO. The minimum absolute atomic E-state index is 0. The van der Waals surface area contributed by atoms with E-state index in [4.69, 9.17) is 11.6 Å². The van der Waals surface area contributed by atoms with Crippen LogP contribution >= 0.6 is 24.0 Å². The summed E-state index contributed by atoms with van der Waals surface area (Å²) in [5.41, 5.74) is 2.33. The van der Waals surface area contributed by atoms with Crippen LogP contribution in [0.15, 0.2) is 29.3 Å². The first kappa shape index (κ1) is 11.2. The molecule has 0 fully saturated rings. The highest BCUT2D eigenvalue weighted by Gasteiger charge is 2.18. The fourth-order valence-electron chi connectivity index (χ4n) is 1.36. The van der Waals surface area contributed by atoms with Crippen LogP contribution in [-0.2, 0) is 11.2 Å². The van der Waals surface area contributed by atoms with Crippen LogP contribution in [-0.4, -0.2) is 17.4 Å². The first-order valence-corrected chi connectivity index (χ1v) is 4.59. The Kier molecular flexibility index (Phi) is 3.67. The van der Waals surface area contributed by atoms with E-state index in [0.29, 0.717) is 12.1 Å². The molecule has 0 N–H and O–H groups in total. The molecule has 1 heterocycles. The van der Waals surface area contributed by atoms with Crippen molar-refractivity contribution in [2.24, 2.45) is 4.99 Å². The Bertz CT molecular complexity index is 387. The van der Waals surface area contributed by atoms with Gasteiger partial charge in [0.15, 0.2) is 5.78 Å². The molecule has 2 rings (SSSR count). The van der Waals surface area contributed by atoms with Gasteiger partial charge < -0.3 is 0 Å². The SMILES string of the molecule is Cl.O=C1Cc2ccccc2N=C1CCl. The summed E-state index contributed by atoms with van der Waals surface area (Å²) in [4.78, 5) is 15.6. The number of Topliss-reactive ketones (excluding diaryl/α,β-unsaturated/α-hetero) is 1. The summed E-state index contributed by atoms with van der Waals surface area (Å²) in [6, 6.07) is 7.63. The summed E-state index contributed by atoms with van der Waals surface area (Å²) >= 11 is 5.59. The molecule has 2 nitrogen and oxygen atoms in total. The topological polar surface area (TPSA) is 29.4 Å². The maximum atomic E-state index is 11.4. The van der Waals surface area contributed by atoms with E-state index in [1.807, 2.05) is 24.3 Å². The van der Waals surface area contributed by atoms with E-state index in [-0.39, 0.29) is 24.1 Å². The minimum atomic E-state index is 0. The van der Waals surface area contributed by atoms with Crippen LogP contribution in [0.5, 0.6) is 0 Å². The number of rotatable bonds is 1. The highest BCUT2D eigenvalue weighted by atomic mass is 35.5. The van der Waals surface area contributed by atoms with Crippen LogP contribution in [0, 0.1) is 0 Å². The molecule has 1 aliphatic heterocycles. The van der Waals surface area contributed by atoms with Crippen molar-refractivity contribution in [2.75, 3.05) is 5.88 Å². The maximum Gasteiger partial charge on any atom is 0.182 e. The van der Waals surface area contributed by atoms with Gasteiger partial charge in [-0.2, -0.15) is 0 Å². The molecule has 0 spiro atoms. The molecule has 1 aliphatic rings. The third-order valence-electron chi connectivity index (χ3n) is 2.05. The molecule has 0 bridgehead atoms. The average molecular weight is 230 g/mol. The van der Waals surface area contributed by atoms with Gasteiger partial charge in [-0.25, -0.2) is 4.99 Å². The number of nitrogens with zero attached hydrogens (tertiary/aromatic N) is 1. The molecule has 4 heteroatoms. The van der Waals surface area contributed by atoms with E-state index >= 15 is 0 Å². The Morgan fingerprint density at radius 1 is 1.36 bits per heavy atom. The van der Waals surface area contributed by atoms with Crippen molar-refractivity contribution in [1.82, 2.24) is 0 Å². The van der Waals surface area contributed by atoms with Gasteiger partial charge in [0.05, 0.1) is 17.3 Å². The molecule has 14 heavy (non-hydrogen) atoms. The van der Waals surface area contributed by atoms with Gasteiger partial charge >= 0.3 is 0 Å². The third-order valence-corrected chi connectivity index (χ3v) is 2.30. The Labute approximate surface area is 93.4 Å². The lowest BCUT2D eigenvalue weighted by Gasteiger charge is -2.11. The molecule has 0 saturated carbocycles. The van der Waals surface area contributed by atoms with Crippen molar-refractivity contribution in [3.05, 3.63) is 29.8 Å². The standard InChI is InChI=1S/C10H8ClNO.ClH/c11-6-9-10(13)5-7-3-1-2-4-8(7)12-9;/h1-4H,5-6H2;1H. The maximum absolute atomic E-state index is 11.4. The highest BCUT2D eigenvalue weighted by molar-refractivity contribution is 6.50. The van der Waals surface area contributed by atoms with E-state index in [9.17, 15) is 4.79 Å². The average Bonchev–Trinajstić information content (AvgIpc) is 2.17. The lowest BCUT2D eigenvalue weighted by molar-refractivity contribution is -0.112. The van der Waals surface area contributed by atoms with E-state index in [2.05, 4.69) is 4.99 Å². The molecule has 0 aliphatic carbocycles. The Morgan fingerprint density at radius 3 is 2.79 bits per heavy atom. The number of ketones is 1. The molecule has 1 aromatic carbocycles. The van der Waals surface area contributed by atoms with Crippen LogP contribution in [0.1, 0.15) is 5.56 Å². The number of carbonyl (C=O) groups is 1. The van der Waals surface area contributed by atoms with Crippen LogP contribution < -0.4 is 0 Å². The predicted molar refractivity (Wildman–Crippen MR) is 60.2 cm³/mol. The Morgan fingerprint density at radius 2 is 2.07 bits per heavy atom. The van der Waals surface area contributed by atoms with Gasteiger partial charge in [0.25, 0.3) is 0 Å². The van der Waals surface area contributed by atoms with Crippen molar-refractivity contribution >= 4 is 41.2 Å².